The van der Waals surface area contributed by atoms with E-state index in [9.17, 15) is 43.2 Å². The van der Waals surface area contributed by atoms with Gasteiger partial charge in [-0.15, -0.1) is 0 Å². The summed E-state index contributed by atoms with van der Waals surface area (Å²) in [6.45, 7) is 9.64. The molecule has 6 atom stereocenters. The van der Waals surface area contributed by atoms with Crippen LogP contribution in [0.2, 0.25) is 0 Å². The molecular weight excluding hydrogens is 1270 g/mol. The molecule has 0 aliphatic heterocycles. The van der Waals surface area contributed by atoms with Crippen molar-refractivity contribution in [2.75, 3.05) is 39.6 Å². The summed E-state index contributed by atoms with van der Waals surface area (Å²) >= 11 is 0. The Kier molecular flexibility index (Phi) is 68.4. The number of aliphatic hydroxyl groups is 1. The van der Waals surface area contributed by atoms with Crippen molar-refractivity contribution >= 4 is 39.5 Å². The molecule has 0 aromatic rings. The van der Waals surface area contributed by atoms with Crippen LogP contribution in [0.15, 0.2) is 0 Å². The topological polar surface area (TPSA) is 237 Å². The lowest BCUT2D eigenvalue weighted by Crippen LogP contribution is -2.30. The SMILES string of the molecule is CCCCCCCCCCCCCCCCC(=O)O[C@H](COC(=O)CCCCCCCCC)COP(=O)(O)OC[C@H](O)COP(=O)(O)OC[C@@H](COC(=O)CCCCCCCCCCCCCC(C)C)OC(=O)CCCCCCCCCCCCCCCCCCCCC(C)CC. The predicted molar refractivity (Wildman–Crippen MR) is 395 cm³/mol. The van der Waals surface area contributed by atoms with Crippen LogP contribution in [0.4, 0.5) is 0 Å². The summed E-state index contributed by atoms with van der Waals surface area (Å²) in [5.41, 5.74) is 0. The maximum Gasteiger partial charge on any atom is 0.472 e. The van der Waals surface area contributed by atoms with Crippen molar-refractivity contribution in [3.63, 3.8) is 0 Å². The summed E-state index contributed by atoms with van der Waals surface area (Å²) < 4.78 is 68.5. The van der Waals surface area contributed by atoms with E-state index in [0.717, 1.165) is 115 Å². The molecule has 0 saturated carbocycles. The van der Waals surface area contributed by atoms with Crippen molar-refractivity contribution in [3.8, 4) is 0 Å². The Bertz CT molecular complexity index is 1870. The van der Waals surface area contributed by atoms with Gasteiger partial charge in [-0.1, -0.05) is 356 Å². The lowest BCUT2D eigenvalue weighted by Gasteiger charge is -2.21. The predicted octanol–water partition coefficient (Wildman–Crippen LogP) is 23.1. The first kappa shape index (κ1) is 95.1. The van der Waals surface area contributed by atoms with Crippen LogP contribution in [0, 0.1) is 11.8 Å². The number of rotatable bonds is 77. The standard InChI is InChI=1S/C78H152O17P2/c1-7-10-12-14-16-17-18-19-27-32-38-44-50-56-62-77(82)94-73(66-88-75(80)60-54-48-40-15-13-11-8-2)68-92-96(84,85)90-64-72(79)65-91-97(86,87)93-69-74(67-89-76(81)61-55-49-43-37-34-29-30-35-41-46-52-58-70(4)5)95-78(83)63-57-51-45-39-33-28-25-23-21-20-22-24-26-31-36-42-47-53-59-71(6)9-3/h70-74,79H,7-69H2,1-6H3,(H,84,85)(H,86,87)/t71?,72-,73+,74+/m0/s1. The molecule has 0 aliphatic carbocycles. The van der Waals surface area contributed by atoms with Crippen molar-refractivity contribution in [2.45, 2.75) is 426 Å². The average Bonchev–Trinajstić information content (AvgIpc) is 1.35. The molecule has 0 amide bonds. The fraction of sp³-hybridized carbons (Fsp3) is 0.949. The third kappa shape index (κ3) is 70.9. The monoisotopic (exact) mass is 1420 g/mol. The van der Waals surface area contributed by atoms with E-state index < -0.39 is 97.5 Å². The molecule has 0 rings (SSSR count). The Hall–Kier alpha value is -1.94. The van der Waals surface area contributed by atoms with Gasteiger partial charge >= 0.3 is 39.5 Å². The molecule has 0 spiro atoms. The third-order valence-electron chi connectivity index (χ3n) is 18.6. The van der Waals surface area contributed by atoms with Crippen molar-refractivity contribution in [2.24, 2.45) is 11.8 Å². The van der Waals surface area contributed by atoms with Crippen molar-refractivity contribution < 1.29 is 80.2 Å². The summed E-state index contributed by atoms with van der Waals surface area (Å²) in [5.74, 6) is -0.475. The maximum atomic E-state index is 13.1. The zero-order chi connectivity index (χ0) is 71.4. The number of carbonyl (C=O) groups excluding carboxylic acids is 4. The van der Waals surface area contributed by atoms with Gasteiger partial charge in [0.2, 0.25) is 0 Å². The third-order valence-corrected chi connectivity index (χ3v) is 20.5. The number of hydrogen-bond acceptors (Lipinski definition) is 15. The van der Waals surface area contributed by atoms with Crippen molar-refractivity contribution in [3.05, 3.63) is 0 Å². The Morgan fingerprint density at radius 3 is 0.784 bits per heavy atom. The fourth-order valence-electron chi connectivity index (χ4n) is 12.0. The number of carbonyl (C=O) groups is 4. The van der Waals surface area contributed by atoms with Crippen LogP contribution in [0.3, 0.4) is 0 Å². The second kappa shape index (κ2) is 69.8. The van der Waals surface area contributed by atoms with Gasteiger partial charge < -0.3 is 33.8 Å². The van der Waals surface area contributed by atoms with Crippen molar-refractivity contribution in [1.29, 1.82) is 0 Å². The number of esters is 4. The molecule has 97 heavy (non-hydrogen) atoms. The summed E-state index contributed by atoms with van der Waals surface area (Å²) in [5, 5.41) is 10.6. The van der Waals surface area contributed by atoms with Gasteiger partial charge in [-0.05, 0) is 37.5 Å². The quantitative estimate of drug-likeness (QED) is 0.0222. The van der Waals surface area contributed by atoms with Crippen LogP contribution in [-0.2, 0) is 65.4 Å². The van der Waals surface area contributed by atoms with E-state index >= 15 is 0 Å². The number of phosphoric acid groups is 2. The largest absolute Gasteiger partial charge is 0.472 e. The van der Waals surface area contributed by atoms with Gasteiger partial charge in [0.1, 0.15) is 19.3 Å². The van der Waals surface area contributed by atoms with E-state index in [1.165, 1.54) is 212 Å². The molecule has 19 heteroatoms. The molecule has 0 fully saturated rings. The summed E-state index contributed by atoms with van der Waals surface area (Å²) in [4.78, 5) is 72.7. The highest BCUT2D eigenvalue weighted by Gasteiger charge is 2.30. The van der Waals surface area contributed by atoms with Crippen LogP contribution in [0.5, 0.6) is 0 Å². The molecule has 3 unspecified atom stereocenters. The van der Waals surface area contributed by atoms with Crippen LogP contribution >= 0.6 is 15.6 Å². The molecular formula is C78H152O17P2. The van der Waals surface area contributed by atoms with Gasteiger partial charge in [-0.2, -0.15) is 0 Å². The summed E-state index contributed by atoms with van der Waals surface area (Å²) in [6.07, 6.45) is 58.4. The van der Waals surface area contributed by atoms with Crippen molar-refractivity contribution in [1.82, 2.24) is 0 Å². The smallest absolute Gasteiger partial charge is 0.462 e. The van der Waals surface area contributed by atoms with Crippen LogP contribution in [0.1, 0.15) is 408 Å². The van der Waals surface area contributed by atoms with Crippen LogP contribution < -0.4 is 0 Å². The fourth-order valence-corrected chi connectivity index (χ4v) is 13.6. The molecule has 0 heterocycles. The lowest BCUT2D eigenvalue weighted by molar-refractivity contribution is -0.161. The first-order chi connectivity index (χ1) is 46.9. The molecule has 3 N–H and O–H groups in total. The molecule has 17 nitrogen and oxygen atoms in total. The molecule has 0 bridgehead atoms. The van der Waals surface area contributed by atoms with Gasteiger partial charge in [-0.25, -0.2) is 9.13 Å². The van der Waals surface area contributed by atoms with Gasteiger partial charge in [0.15, 0.2) is 12.2 Å². The minimum atomic E-state index is -4.96. The first-order valence-corrected chi connectivity index (χ1v) is 43.5. The zero-order valence-electron chi connectivity index (χ0n) is 63.4. The van der Waals surface area contributed by atoms with E-state index in [4.69, 9.17) is 37.0 Å². The molecule has 0 aromatic heterocycles. The van der Waals surface area contributed by atoms with E-state index in [1.54, 1.807) is 0 Å². The van der Waals surface area contributed by atoms with E-state index in [2.05, 4.69) is 41.5 Å². The Balaban J connectivity index is 5.16. The highest BCUT2D eigenvalue weighted by atomic mass is 31.2. The van der Waals surface area contributed by atoms with Gasteiger partial charge in [0, 0.05) is 25.7 Å². The number of phosphoric ester groups is 2. The number of unbranched alkanes of at least 4 members (excludes halogenated alkanes) is 46. The van der Waals surface area contributed by atoms with Crippen LogP contribution in [0.25, 0.3) is 0 Å². The van der Waals surface area contributed by atoms with E-state index in [0.29, 0.717) is 25.7 Å². The maximum absolute atomic E-state index is 13.1. The molecule has 0 radical (unpaired) electrons. The Morgan fingerprint density at radius 2 is 0.526 bits per heavy atom. The number of hydrogen-bond donors (Lipinski definition) is 3. The summed E-state index contributed by atoms with van der Waals surface area (Å²) in [7, 11) is -9.91. The Morgan fingerprint density at radius 1 is 0.299 bits per heavy atom. The second-order valence-corrected chi connectivity index (χ2v) is 31.7. The zero-order valence-corrected chi connectivity index (χ0v) is 65.2. The minimum Gasteiger partial charge on any atom is -0.462 e. The van der Waals surface area contributed by atoms with Gasteiger partial charge in [0.05, 0.1) is 26.4 Å². The van der Waals surface area contributed by atoms with Crippen LogP contribution in [-0.4, -0.2) is 96.7 Å². The molecule has 0 aromatic carbocycles. The highest BCUT2D eigenvalue weighted by Crippen LogP contribution is 2.45. The number of aliphatic hydroxyl groups excluding tert-OH is 1. The van der Waals surface area contributed by atoms with Gasteiger partial charge in [-0.3, -0.25) is 37.3 Å². The highest BCUT2D eigenvalue weighted by molar-refractivity contribution is 7.47. The van der Waals surface area contributed by atoms with E-state index in [1.807, 2.05) is 0 Å². The average molecular weight is 1420 g/mol. The normalized spacial score (nSPS) is 14.2. The first-order valence-electron chi connectivity index (χ1n) is 40.5. The molecule has 576 valence electrons. The molecule has 0 aliphatic rings. The number of ether oxygens (including phenoxy) is 4. The Labute approximate surface area is 594 Å². The lowest BCUT2D eigenvalue weighted by atomic mass is 9.99. The minimum absolute atomic E-state index is 0.108. The molecule has 0 saturated heterocycles. The summed E-state index contributed by atoms with van der Waals surface area (Å²) in [6, 6.07) is 0. The van der Waals surface area contributed by atoms with Gasteiger partial charge in [0.25, 0.3) is 0 Å². The van der Waals surface area contributed by atoms with E-state index in [-0.39, 0.29) is 25.7 Å². The second-order valence-electron chi connectivity index (χ2n) is 28.8.